The molecule has 1 unspecified atom stereocenters. The Kier molecular flexibility index (Phi) is 3.31. The number of imidazole rings is 1. The van der Waals surface area contributed by atoms with Gasteiger partial charge in [0.15, 0.2) is 0 Å². The van der Waals surface area contributed by atoms with E-state index in [2.05, 4.69) is 51.1 Å². The smallest absolute Gasteiger partial charge is 0.139 e. The van der Waals surface area contributed by atoms with E-state index in [1.165, 1.54) is 30.8 Å². The second-order valence-electron chi connectivity index (χ2n) is 6.19. The van der Waals surface area contributed by atoms with E-state index in [4.69, 9.17) is 4.98 Å². The van der Waals surface area contributed by atoms with Crippen LogP contribution in [0.1, 0.15) is 24.6 Å². The summed E-state index contributed by atoms with van der Waals surface area (Å²) >= 11 is 0. The van der Waals surface area contributed by atoms with Crippen LogP contribution in [0.15, 0.2) is 24.5 Å². The molecule has 2 saturated heterocycles. The van der Waals surface area contributed by atoms with Crippen molar-refractivity contribution in [3.63, 3.8) is 0 Å². The third-order valence-corrected chi connectivity index (χ3v) is 4.81. The third-order valence-electron chi connectivity index (χ3n) is 4.81. The van der Waals surface area contributed by atoms with Gasteiger partial charge in [0.1, 0.15) is 5.65 Å². The molecule has 112 valence electrons. The fourth-order valence-corrected chi connectivity index (χ4v) is 3.55. The molecule has 2 aliphatic rings. The van der Waals surface area contributed by atoms with Gasteiger partial charge in [0.25, 0.3) is 0 Å². The van der Waals surface area contributed by atoms with Crippen LogP contribution in [0.25, 0.3) is 5.65 Å². The number of piperazine rings is 1. The number of nitrogens with one attached hydrogen (secondary N) is 1. The van der Waals surface area contributed by atoms with E-state index >= 15 is 0 Å². The number of hydrogen-bond acceptors (Lipinski definition) is 4. The number of anilines is 1. The van der Waals surface area contributed by atoms with Crippen LogP contribution in [0.3, 0.4) is 0 Å². The second kappa shape index (κ2) is 5.31. The molecule has 0 spiro atoms. The zero-order valence-corrected chi connectivity index (χ0v) is 12.6. The van der Waals surface area contributed by atoms with E-state index in [-0.39, 0.29) is 0 Å². The minimum Gasteiger partial charge on any atom is -0.369 e. The Morgan fingerprint density at radius 3 is 2.86 bits per heavy atom. The van der Waals surface area contributed by atoms with Crippen molar-refractivity contribution in [2.75, 3.05) is 44.7 Å². The summed E-state index contributed by atoms with van der Waals surface area (Å²) in [7, 11) is 2.20. The van der Waals surface area contributed by atoms with E-state index < -0.39 is 0 Å². The van der Waals surface area contributed by atoms with Crippen LogP contribution in [-0.4, -0.2) is 54.1 Å². The maximum absolute atomic E-state index is 4.88. The molecule has 1 atom stereocenters. The normalized spacial score (nSPS) is 24.0. The third kappa shape index (κ3) is 2.40. The average Bonchev–Trinajstić information content (AvgIpc) is 3.12. The molecule has 2 fully saturated rings. The Labute approximate surface area is 125 Å². The molecule has 0 saturated carbocycles. The molecule has 2 aromatic rings. The monoisotopic (exact) mass is 285 g/mol. The largest absolute Gasteiger partial charge is 0.369 e. The lowest BCUT2D eigenvalue weighted by Gasteiger charge is -2.29. The van der Waals surface area contributed by atoms with Crippen molar-refractivity contribution in [1.29, 1.82) is 0 Å². The first kappa shape index (κ1) is 13.1. The van der Waals surface area contributed by atoms with Crippen molar-refractivity contribution in [1.82, 2.24) is 19.6 Å². The lowest BCUT2D eigenvalue weighted by molar-refractivity contribution is 0.313. The zero-order chi connectivity index (χ0) is 14.2. The molecule has 0 aliphatic carbocycles. The summed E-state index contributed by atoms with van der Waals surface area (Å²) in [5.74, 6) is 0. The van der Waals surface area contributed by atoms with Crippen LogP contribution >= 0.6 is 0 Å². The summed E-state index contributed by atoms with van der Waals surface area (Å²) < 4.78 is 2.16. The van der Waals surface area contributed by atoms with Gasteiger partial charge in [-0.2, -0.15) is 0 Å². The highest BCUT2D eigenvalue weighted by atomic mass is 15.2. The van der Waals surface area contributed by atoms with Crippen LogP contribution in [0.5, 0.6) is 0 Å². The van der Waals surface area contributed by atoms with Gasteiger partial charge in [-0.1, -0.05) is 0 Å². The topological polar surface area (TPSA) is 35.8 Å². The van der Waals surface area contributed by atoms with Gasteiger partial charge in [0, 0.05) is 50.3 Å². The summed E-state index contributed by atoms with van der Waals surface area (Å²) in [5.41, 5.74) is 3.58. The summed E-state index contributed by atoms with van der Waals surface area (Å²) in [4.78, 5) is 9.73. The molecule has 0 bridgehead atoms. The average molecular weight is 285 g/mol. The van der Waals surface area contributed by atoms with Crippen molar-refractivity contribution in [3.05, 3.63) is 30.2 Å². The van der Waals surface area contributed by atoms with Gasteiger partial charge in [-0.3, -0.25) is 4.90 Å². The molecule has 4 rings (SSSR count). The lowest BCUT2D eigenvalue weighted by Crippen LogP contribution is -2.43. The fraction of sp³-hybridized carbons (Fsp3) is 0.562. The molecule has 0 amide bonds. The Balaban J connectivity index is 1.64. The molecule has 2 aliphatic heterocycles. The first-order valence-electron chi connectivity index (χ1n) is 7.96. The number of rotatable bonds is 2. The van der Waals surface area contributed by atoms with Gasteiger partial charge >= 0.3 is 0 Å². The molecule has 5 nitrogen and oxygen atoms in total. The van der Waals surface area contributed by atoms with E-state index in [1.54, 1.807) is 0 Å². The Morgan fingerprint density at radius 2 is 2.10 bits per heavy atom. The van der Waals surface area contributed by atoms with E-state index in [0.717, 1.165) is 31.8 Å². The van der Waals surface area contributed by atoms with Crippen LogP contribution in [-0.2, 0) is 0 Å². The number of fused-ring (bicyclic) bond motifs is 1. The fourth-order valence-electron chi connectivity index (χ4n) is 3.55. The standard InChI is InChI=1S/C16H23N5/c1-19-7-2-3-15(19)14-12-21-8-4-13(11-16(21)18-14)20-9-5-17-6-10-20/h4,8,11-12,15,17H,2-3,5-7,9-10H2,1H3. The number of aromatic nitrogens is 2. The SMILES string of the molecule is CN1CCCC1c1cn2ccc(N3CCNCC3)cc2n1. The molecular weight excluding hydrogens is 262 g/mol. The zero-order valence-electron chi connectivity index (χ0n) is 12.6. The number of pyridine rings is 1. The number of hydrogen-bond donors (Lipinski definition) is 1. The molecular formula is C16H23N5. The Hall–Kier alpha value is -1.59. The van der Waals surface area contributed by atoms with Gasteiger partial charge in [-0.25, -0.2) is 4.98 Å². The first-order chi connectivity index (χ1) is 10.3. The van der Waals surface area contributed by atoms with Crippen molar-refractivity contribution in [3.8, 4) is 0 Å². The second-order valence-corrected chi connectivity index (χ2v) is 6.19. The Morgan fingerprint density at radius 1 is 1.24 bits per heavy atom. The maximum Gasteiger partial charge on any atom is 0.139 e. The maximum atomic E-state index is 4.88. The molecule has 2 aromatic heterocycles. The predicted molar refractivity (Wildman–Crippen MR) is 84.9 cm³/mol. The summed E-state index contributed by atoms with van der Waals surface area (Å²) in [5, 5.41) is 3.40. The quantitative estimate of drug-likeness (QED) is 0.907. The van der Waals surface area contributed by atoms with E-state index in [0.29, 0.717) is 6.04 Å². The first-order valence-corrected chi connectivity index (χ1v) is 7.96. The van der Waals surface area contributed by atoms with Gasteiger partial charge in [-0.05, 0) is 32.5 Å². The highest BCUT2D eigenvalue weighted by Crippen LogP contribution is 2.30. The molecule has 1 N–H and O–H groups in total. The van der Waals surface area contributed by atoms with Gasteiger partial charge in [0.2, 0.25) is 0 Å². The van der Waals surface area contributed by atoms with Crippen molar-refractivity contribution >= 4 is 11.3 Å². The van der Waals surface area contributed by atoms with Crippen LogP contribution in [0.4, 0.5) is 5.69 Å². The van der Waals surface area contributed by atoms with Crippen LogP contribution < -0.4 is 10.2 Å². The highest BCUT2D eigenvalue weighted by Gasteiger charge is 2.25. The summed E-state index contributed by atoms with van der Waals surface area (Å²) in [6.07, 6.45) is 6.85. The molecule has 5 heteroatoms. The number of nitrogens with zero attached hydrogens (tertiary/aromatic N) is 4. The van der Waals surface area contributed by atoms with Crippen molar-refractivity contribution in [2.24, 2.45) is 0 Å². The van der Waals surface area contributed by atoms with Crippen LogP contribution in [0.2, 0.25) is 0 Å². The lowest BCUT2D eigenvalue weighted by atomic mass is 10.2. The van der Waals surface area contributed by atoms with Crippen molar-refractivity contribution in [2.45, 2.75) is 18.9 Å². The highest BCUT2D eigenvalue weighted by molar-refractivity contribution is 5.57. The van der Waals surface area contributed by atoms with Gasteiger partial charge < -0.3 is 14.6 Å². The van der Waals surface area contributed by atoms with E-state index in [9.17, 15) is 0 Å². The summed E-state index contributed by atoms with van der Waals surface area (Å²) in [6, 6.07) is 4.93. The van der Waals surface area contributed by atoms with Crippen molar-refractivity contribution < 1.29 is 0 Å². The summed E-state index contributed by atoms with van der Waals surface area (Å²) in [6.45, 7) is 5.48. The van der Waals surface area contributed by atoms with E-state index in [1.807, 2.05) is 0 Å². The minimum atomic E-state index is 0.493. The minimum absolute atomic E-state index is 0.493. The molecule has 4 heterocycles. The Bertz CT molecular complexity index is 629. The predicted octanol–water partition coefficient (Wildman–Crippen LogP) is 1.51. The van der Waals surface area contributed by atoms with Crippen LogP contribution in [0, 0.1) is 0 Å². The molecule has 0 aromatic carbocycles. The van der Waals surface area contributed by atoms with Gasteiger partial charge in [-0.15, -0.1) is 0 Å². The molecule has 0 radical (unpaired) electrons. The van der Waals surface area contributed by atoms with Gasteiger partial charge in [0.05, 0.1) is 11.7 Å². The number of likely N-dealkylation sites (tertiary alicyclic amines) is 1. The molecule has 21 heavy (non-hydrogen) atoms.